The van der Waals surface area contributed by atoms with E-state index in [0.717, 1.165) is 5.56 Å². The van der Waals surface area contributed by atoms with Gasteiger partial charge in [0.2, 0.25) is 10.0 Å². The number of carbonyl (C=O) groups is 1. The van der Waals surface area contributed by atoms with E-state index in [1.165, 1.54) is 25.3 Å². The van der Waals surface area contributed by atoms with E-state index in [1.807, 2.05) is 19.1 Å². The van der Waals surface area contributed by atoms with Crippen LogP contribution in [-0.4, -0.2) is 21.4 Å². The highest BCUT2D eigenvalue weighted by Crippen LogP contribution is 2.24. The van der Waals surface area contributed by atoms with Crippen molar-refractivity contribution >= 4 is 21.6 Å². The van der Waals surface area contributed by atoms with E-state index in [2.05, 4.69) is 5.32 Å². The number of nitrogens with one attached hydrogen (secondary N) is 1. The first-order valence-corrected chi connectivity index (χ1v) is 7.95. The molecule has 0 unspecified atom stereocenters. The minimum Gasteiger partial charge on any atom is -0.496 e. The molecule has 0 saturated carbocycles. The Morgan fingerprint density at radius 2 is 1.86 bits per heavy atom. The van der Waals surface area contributed by atoms with Gasteiger partial charge in [0.25, 0.3) is 5.91 Å². The van der Waals surface area contributed by atoms with Gasteiger partial charge in [0.15, 0.2) is 0 Å². The molecule has 2 aromatic rings. The van der Waals surface area contributed by atoms with Gasteiger partial charge in [-0.05, 0) is 36.8 Å². The Balaban J connectivity index is 2.42. The molecule has 2 rings (SSSR count). The molecular weight excluding hydrogens is 304 g/mol. The predicted molar refractivity (Wildman–Crippen MR) is 83.5 cm³/mol. The molecule has 0 aliphatic rings. The van der Waals surface area contributed by atoms with Crippen molar-refractivity contribution in [2.24, 2.45) is 5.14 Å². The number of primary sulfonamides is 1. The van der Waals surface area contributed by atoms with E-state index in [9.17, 15) is 13.2 Å². The normalized spacial score (nSPS) is 11.0. The molecule has 0 atom stereocenters. The third-order valence-corrected chi connectivity index (χ3v) is 4.05. The summed E-state index contributed by atoms with van der Waals surface area (Å²) in [6.45, 7) is 1.85. The lowest BCUT2D eigenvalue weighted by atomic mass is 10.1. The molecule has 0 fully saturated rings. The molecule has 0 radical (unpaired) electrons. The molecule has 3 N–H and O–H groups in total. The summed E-state index contributed by atoms with van der Waals surface area (Å²) in [6.07, 6.45) is 0. The number of benzene rings is 2. The molecule has 0 aliphatic carbocycles. The summed E-state index contributed by atoms with van der Waals surface area (Å²) in [4.78, 5) is 12.2. The lowest BCUT2D eigenvalue weighted by Gasteiger charge is -2.12. The second-order valence-electron chi connectivity index (χ2n) is 4.68. The first kappa shape index (κ1) is 16.0. The number of carbonyl (C=O) groups excluding carboxylic acids is 1. The topological polar surface area (TPSA) is 98.5 Å². The van der Waals surface area contributed by atoms with Gasteiger partial charge >= 0.3 is 0 Å². The second kappa shape index (κ2) is 6.17. The van der Waals surface area contributed by atoms with Crippen molar-refractivity contribution in [1.29, 1.82) is 0 Å². The van der Waals surface area contributed by atoms with Crippen LogP contribution in [0.15, 0.2) is 47.4 Å². The zero-order valence-corrected chi connectivity index (χ0v) is 13.0. The first-order valence-electron chi connectivity index (χ1n) is 6.41. The van der Waals surface area contributed by atoms with Gasteiger partial charge in [-0.2, -0.15) is 0 Å². The summed E-state index contributed by atoms with van der Waals surface area (Å²) < 4.78 is 28.0. The van der Waals surface area contributed by atoms with Crippen molar-refractivity contribution in [2.75, 3.05) is 12.4 Å². The summed E-state index contributed by atoms with van der Waals surface area (Å²) in [6, 6.07) is 11.1. The number of ether oxygens (including phenoxy) is 1. The fourth-order valence-electron chi connectivity index (χ4n) is 1.94. The molecule has 1 amide bonds. The van der Waals surface area contributed by atoms with Crippen molar-refractivity contribution in [3.05, 3.63) is 53.6 Å². The quantitative estimate of drug-likeness (QED) is 0.899. The van der Waals surface area contributed by atoms with Crippen LogP contribution >= 0.6 is 0 Å². The van der Waals surface area contributed by atoms with Crippen LogP contribution in [0.2, 0.25) is 0 Å². The molecule has 0 spiro atoms. The predicted octanol–water partition coefficient (Wildman–Crippen LogP) is 1.90. The van der Waals surface area contributed by atoms with Gasteiger partial charge in [0, 0.05) is 5.69 Å². The van der Waals surface area contributed by atoms with Crippen LogP contribution < -0.4 is 15.2 Å². The smallest absolute Gasteiger partial charge is 0.259 e. The Labute approximate surface area is 129 Å². The third-order valence-electron chi connectivity index (χ3n) is 3.14. The molecule has 6 nitrogen and oxygen atoms in total. The highest BCUT2D eigenvalue weighted by atomic mass is 32.2. The molecule has 0 aromatic heterocycles. The van der Waals surface area contributed by atoms with Gasteiger partial charge < -0.3 is 10.1 Å². The van der Waals surface area contributed by atoms with Crippen LogP contribution in [0, 0.1) is 6.92 Å². The Bertz CT molecular complexity index is 816. The van der Waals surface area contributed by atoms with Gasteiger partial charge in [-0.1, -0.05) is 18.2 Å². The molecule has 0 aliphatic heterocycles. The van der Waals surface area contributed by atoms with E-state index < -0.39 is 15.9 Å². The number of hydrogen-bond donors (Lipinski definition) is 2. The zero-order chi connectivity index (χ0) is 16.3. The maximum atomic E-state index is 12.4. The van der Waals surface area contributed by atoms with E-state index in [-0.39, 0.29) is 16.2 Å². The van der Waals surface area contributed by atoms with E-state index in [1.54, 1.807) is 12.1 Å². The number of sulfonamides is 1. The molecular formula is C15H16N2O4S. The van der Waals surface area contributed by atoms with E-state index >= 15 is 0 Å². The summed E-state index contributed by atoms with van der Waals surface area (Å²) in [7, 11) is -2.50. The molecule has 0 bridgehead atoms. The van der Waals surface area contributed by atoms with Crippen LogP contribution in [0.25, 0.3) is 0 Å². The largest absolute Gasteiger partial charge is 0.496 e. The number of anilines is 1. The van der Waals surface area contributed by atoms with E-state index in [0.29, 0.717) is 5.69 Å². The average Bonchev–Trinajstić information content (AvgIpc) is 2.48. The molecule has 116 valence electrons. The highest BCUT2D eigenvalue weighted by molar-refractivity contribution is 7.89. The molecule has 2 aromatic carbocycles. The zero-order valence-electron chi connectivity index (χ0n) is 12.2. The summed E-state index contributed by atoms with van der Waals surface area (Å²) in [5.74, 6) is -0.213. The Kier molecular flexibility index (Phi) is 4.48. The lowest BCUT2D eigenvalue weighted by Crippen LogP contribution is -2.17. The Hall–Kier alpha value is -2.38. The first-order chi connectivity index (χ1) is 10.3. The summed E-state index contributed by atoms with van der Waals surface area (Å²) in [5.41, 5.74) is 1.62. The van der Waals surface area contributed by atoms with Gasteiger partial charge in [0.1, 0.15) is 5.75 Å². The van der Waals surface area contributed by atoms with Crippen molar-refractivity contribution in [3.63, 3.8) is 0 Å². The summed E-state index contributed by atoms with van der Waals surface area (Å²) >= 11 is 0. The molecule has 7 heteroatoms. The number of aryl methyl sites for hydroxylation is 1. The van der Waals surface area contributed by atoms with Crippen molar-refractivity contribution in [3.8, 4) is 5.75 Å². The van der Waals surface area contributed by atoms with Crippen LogP contribution in [0.3, 0.4) is 0 Å². The Morgan fingerprint density at radius 3 is 2.45 bits per heavy atom. The highest BCUT2D eigenvalue weighted by Gasteiger charge is 2.17. The van der Waals surface area contributed by atoms with E-state index in [4.69, 9.17) is 9.88 Å². The number of rotatable bonds is 4. The van der Waals surface area contributed by atoms with Gasteiger partial charge in [0.05, 0.1) is 17.6 Å². The van der Waals surface area contributed by atoms with Crippen LogP contribution in [0.4, 0.5) is 5.69 Å². The minimum atomic E-state index is -3.90. The van der Waals surface area contributed by atoms with Crippen LogP contribution in [-0.2, 0) is 10.0 Å². The maximum Gasteiger partial charge on any atom is 0.259 e. The van der Waals surface area contributed by atoms with Crippen molar-refractivity contribution < 1.29 is 17.9 Å². The van der Waals surface area contributed by atoms with Crippen LogP contribution in [0.5, 0.6) is 5.75 Å². The fourth-order valence-corrected chi connectivity index (χ4v) is 2.48. The monoisotopic (exact) mass is 320 g/mol. The van der Waals surface area contributed by atoms with Crippen LogP contribution in [0.1, 0.15) is 15.9 Å². The van der Waals surface area contributed by atoms with Gasteiger partial charge in [-0.3, -0.25) is 4.79 Å². The third kappa shape index (κ3) is 3.44. The summed E-state index contributed by atoms with van der Waals surface area (Å²) in [5, 5.41) is 7.82. The second-order valence-corrected chi connectivity index (χ2v) is 6.24. The minimum absolute atomic E-state index is 0.0947. The number of nitrogens with two attached hydrogens (primary N) is 1. The molecule has 0 saturated heterocycles. The molecule has 22 heavy (non-hydrogen) atoms. The van der Waals surface area contributed by atoms with Crippen molar-refractivity contribution in [2.45, 2.75) is 11.8 Å². The standard InChI is InChI=1S/C15H16N2O4S/c1-10-5-3-4-6-13(10)17-15(18)12-9-11(22(16,19)20)7-8-14(12)21-2/h3-9H,1-2H3,(H,17,18)(H2,16,19,20). The fraction of sp³-hybridized carbons (Fsp3) is 0.133. The van der Waals surface area contributed by atoms with Gasteiger partial charge in [-0.15, -0.1) is 0 Å². The molecule has 0 heterocycles. The SMILES string of the molecule is COc1ccc(S(N)(=O)=O)cc1C(=O)Nc1ccccc1C. The lowest BCUT2D eigenvalue weighted by molar-refractivity contribution is 0.102. The van der Waals surface area contributed by atoms with Crippen molar-refractivity contribution in [1.82, 2.24) is 0 Å². The number of para-hydroxylation sites is 1. The van der Waals surface area contributed by atoms with Gasteiger partial charge in [-0.25, -0.2) is 13.6 Å². The number of hydrogen-bond acceptors (Lipinski definition) is 4. The maximum absolute atomic E-state index is 12.4. The average molecular weight is 320 g/mol. The Morgan fingerprint density at radius 1 is 1.18 bits per heavy atom. The number of amides is 1. The number of methoxy groups -OCH3 is 1.